The number of nitrogens with zero attached hydrogens (tertiary/aromatic N) is 6. The molecule has 2 atom stereocenters. The highest BCUT2D eigenvalue weighted by atomic mass is 16.6. The van der Waals surface area contributed by atoms with E-state index in [4.69, 9.17) is 28.4 Å². The first-order valence-electron chi connectivity index (χ1n) is 16.1. The summed E-state index contributed by atoms with van der Waals surface area (Å²) in [6.07, 6.45) is 4.42. The molecule has 0 bridgehead atoms. The highest BCUT2D eigenvalue weighted by Gasteiger charge is 2.25. The minimum absolute atomic E-state index is 0.0112. The number of anilines is 3. The molecule has 0 aliphatic heterocycles. The Kier molecular flexibility index (Phi) is 20.9. The molecule has 1 heterocycles. The highest BCUT2D eigenvalue weighted by molar-refractivity contribution is 5.83. The smallest absolute Gasteiger partial charge is 0.330 e. The fourth-order valence-corrected chi connectivity index (χ4v) is 4.08. The second-order valence-corrected chi connectivity index (χ2v) is 10.5. The van der Waals surface area contributed by atoms with Gasteiger partial charge in [0.05, 0.1) is 39.3 Å². The van der Waals surface area contributed by atoms with Crippen LogP contribution in [0.3, 0.4) is 0 Å². The third-order valence-electron chi connectivity index (χ3n) is 6.46. The van der Waals surface area contributed by atoms with Crippen molar-refractivity contribution < 1.29 is 57.2 Å². The molecule has 18 heteroatoms. The third kappa shape index (κ3) is 17.9. The van der Waals surface area contributed by atoms with Crippen molar-refractivity contribution in [2.45, 2.75) is 26.1 Å². The van der Waals surface area contributed by atoms with Crippen LogP contribution in [0, 0.1) is 0 Å². The van der Waals surface area contributed by atoms with Gasteiger partial charge >= 0.3 is 35.8 Å². The monoisotopic (exact) mass is 742 g/mol. The van der Waals surface area contributed by atoms with E-state index in [0.717, 1.165) is 36.5 Å². The van der Waals surface area contributed by atoms with Crippen molar-refractivity contribution in [3.63, 3.8) is 0 Å². The number of hydrogen-bond donors (Lipinski definition) is 0. The zero-order valence-electron chi connectivity index (χ0n) is 30.0. The van der Waals surface area contributed by atoms with Crippen LogP contribution in [0.15, 0.2) is 75.9 Å². The highest BCUT2D eigenvalue weighted by Crippen LogP contribution is 2.21. The molecule has 0 amide bonds. The molecule has 0 N–H and O–H groups in total. The van der Waals surface area contributed by atoms with E-state index in [1.165, 1.54) is 9.80 Å². The molecule has 0 aliphatic carbocycles. The molecule has 0 saturated carbocycles. The minimum atomic E-state index is -0.771. The van der Waals surface area contributed by atoms with E-state index in [1.54, 1.807) is 18.7 Å². The van der Waals surface area contributed by atoms with Crippen LogP contribution < -0.4 is 14.7 Å². The lowest BCUT2D eigenvalue weighted by Crippen LogP contribution is -2.42. The van der Waals surface area contributed by atoms with Crippen molar-refractivity contribution in [2.75, 3.05) is 80.4 Å². The lowest BCUT2D eigenvalue weighted by atomic mass is 10.3. The number of aromatic nitrogens is 3. The van der Waals surface area contributed by atoms with Crippen molar-refractivity contribution >= 4 is 53.7 Å². The molecule has 2 unspecified atom stereocenters. The number of esters is 6. The Labute approximate surface area is 308 Å². The van der Waals surface area contributed by atoms with Crippen molar-refractivity contribution in [2.24, 2.45) is 0 Å². The molecule has 0 saturated heterocycles. The molecule has 1 aromatic heterocycles. The summed E-state index contributed by atoms with van der Waals surface area (Å²) in [4.78, 5) is 90.1. The van der Waals surface area contributed by atoms with Crippen molar-refractivity contribution in [3.8, 4) is 0 Å². The predicted molar refractivity (Wildman–Crippen MR) is 193 cm³/mol. The van der Waals surface area contributed by atoms with Gasteiger partial charge in [-0.05, 0) is 13.8 Å². The Hall–Kier alpha value is -6.33. The fourth-order valence-electron chi connectivity index (χ4n) is 4.08. The SMILES string of the molecule is C=CC(=O)OCCN(CCOC(=O)C=C)c1nc(N(CCOC(=O)C=C)CCOC(=O)C=C)nc(N(CC(C)OC(=O)C=C)CC(C)OC(=O)C=C)n1. The molecular weight excluding hydrogens is 696 g/mol. The minimum Gasteiger partial charge on any atom is -0.461 e. The molecule has 1 rings (SSSR count). The molecule has 0 radical (unpaired) electrons. The van der Waals surface area contributed by atoms with Crippen LogP contribution >= 0.6 is 0 Å². The zero-order chi connectivity index (χ0) is 39.8. The average Bonchev–Trinajstić information content (AvgIpc) is 3.15. The van der Waals surface area contributed by atoms with E-state index in [9.17, 15) is 28.8 Å². The van der Waals surface area contributed by atoms with Gasteiger partial charge in [-0.1, -0.05) is 39.5 Å². The van der Waals surface area contributed by atoms with Crippen molar-refractivity contribution in [1.29, 1.82) is 0 Å². The van der Waals surface area contributed by atoms with E-state index < -0.39 is 48.0 Å². The number of carbonyl (C=O) groups excluding carboxylic acids is 6. The number of ether oxygens (including phenoxy) is 6. The summed E-state index contributed by atoms with van der Waals surface area (Å²) in [7, 11) is 0. The maximum atomic E-state index is 12.1. The Balaban J connectivity index is 3.92. The van der Waals surface area contributed by atoms with Crippen LogP contribution in [0.5, 0.6) is 0 Å². The predicted octanol–water partition coefficient (Wildman–Crippen LogP) is 1.44. The van der Waals surface area contributed by atoms with E-state index in [0.29, 0.717) is 0 Å². The summed E-state index contributed by atoms with van der Waals surface area (Å²) >= 11 is 0. The Morgan fingerprint density at radius 3 is 0.962 bits per heavy atom. The van der Waals surface area contributed by atoms with E-state index in [2.05, 4.69) is 54.4 Å². The van der Waals surface area contributed by atoms with Gasteiger partial charge in [-0.15, -0.1) is 0 Å². The second kappa shape index (κ2) is 24.8. The van der Waals surface area contributed by atoms with E-state index in [-0.39, 0.29) is 83.5 Å². The Bertz CT molecular complexity index is 1340. The summed E-state index contributed by atoms with van der Waals surface area (Å²) in [6, 6.07) is 0. The summed E-state index contributed by atoms with van der Waals surface area (Å²) in [5.74, 6) is -4.17. The average molecular weight is 743 g/mol. The quantitative estimate of drug-likeness (QED) is 0.0710. The van der Waals surface area contributed by atoms with Crippen LogP contribution in [-0.2, 0) is 57.2 Å². The van der Waals surface area contributed by atoms with Gasteiger partial charge in [0.1, 0.15) is 38.6 Å². The zero-order valence-corrected chi connectivity index (χ0v) is 30.0. The van der Waals surface area contributed by atoms with Gasteiger partial charge in [0, 0.05) is 36.5 Å². The molecule has 18 nitrogen and oxygen atoms in total. The number of carbonyl (C=O) groups is 6. The Morgan fingerprint density at radius 1 is 0.472 bits per heavy atom. The first kappa shape index (κ1) is 44.7. The fraction of sp³-hybridized carbons (Fsp3) is 0.400. The molecule has 1 aromatic rings. The molecular formula is C35H46N6O12. The van der Waals surface area contributed by atoms with Gasteiger partial charge in [0.2, 0.25) is 17.8 Å². The second-order valence-electron chi connectivity index (χ2n) is 10.5. The maximum absolute atomic E-state index is 12.1. The van der Waals surface area contributed by atoms with Gasteiger partial charge in [-0.2, -0.15) is 15.0 Å². The van der Waals surface area contributed by atoms with Crippen LogP contribution in [0.1, 0.15) is 13.8 Å². The first-order valence-corrected chi connectivity index (χ1v) is 16.1. The number of rotatable bonds is 27. The molecule has 0 aliphatic rings. The lowest BCUT2D eigenvalue weighted by molar-refractivity contribution is -0.142. The van der Waals surface area contributed by atoms with Crippen LogP contribution in [0.25, 0.3) is 0 Å². The van der Waals surface area contributed by atoms with Gasteiger partial charge in [0.25, 0.3) is 0 Å². The summed E-state index contributed by atoms with van der Waals surface area (Å²) in [6.45, 7) is 22.8. The maximum Gasteiger partial charge on any atom is 0.330 e. The van der Waals surface area contributed by atoms with Crippen LogP contribution in [-0.4, -0.2) is 129 Å². The topological polar surface area (TPSA) is 206 Å². The van der Waals surface area contributed by atoms with Crippen LogP contribution in [0.2, 0.25) is 0 Å². The van der Waals surface area contributed by atoms with Gasteiger partial charge < -0.3 is 43.1 Å². The molecule has 0 spiro atoms. The van der Waals surface area contributed by atoms with Crippen LogP contribution in [0.4, 0.5) is 17.8 Å². The largest absolute Gasteiger partial charge is 0.461 e. The standard InChI is InChI=1S/C35H46N6O12/c1-9-27(42)48-19-15-39(16-20-49-28(43)10-2)33-36-34(40(17-21-50-29(44)11-3)18-22-51-30(45)12-4)38-35(37-33)41(23-25(7)52-31(46)13-5)24-26(8)53-32(47)14-6/h9-14,25-26H,1-6,15-24H2,7-8H3. The normalized spacial score (nSPS) is 11.2. The lowest BCUT2D eigenvalue weighted by Gasteiger charge is -2.31. The van der Waals surface area contributed by atoms with E-state index in [1.807, 2.05) is 0 Å². The van der Waals surface area contributed by atoms with Crippen molar-refractivity contribution in [1.82, 2.24) is 15.0 Å². The Morgan fingerprint density at radius 2 is 0.717 bits per heavy atom. The number of hydrogen-bond acceptors (Lipinski definition) is 18. The first-order chi connectivity index (χ1) is 25.3. The molecule has 288 valence electrons. The molecule has 0 aromatic carbocycles. The molecule has 53 heavy (non-hydrogen) atoms. The van der Waals surface area contributed by atoms with Gasteiger partial charge in [0.15, 0.2) is 0 Å². The van der Waals surface area contributed by atoms with Gasteiger partial charge in [-0.25, -0.2) is 28.8 Å². The summed E-state index contributed by atoms with van der Waals surface area (Å²) in [5, 5.41) is 0. The summed E-state index contributed by atoms with van der Waals surface area (Å²) in [5.41, 5.74) is 0. The van der Waals surface area contributed by atoms with Gasteiger partial charge in [-0.3, -0.25) is 0 Å². The van der Waals surface area contributed by atoms with Crippen molar-refractivity contribution in [3.05, 3.63) is 75.9 Å². The summed E-state index contributed by atoms with van der Waals surface area (Å²) < 4.78 is 31.5. The molecule has 0 fully saturated rings. The third-order valence-corrected chi connectivity index (χ3v) is 6.46. The van der Waals surface area contributed by atoms with E-state index >= 15 is 0 Å².